The first-order valence-electron chi connectivity index (χ1n) is 11.9. The van der Waals surface area contributed by atoms with E-state index in [2.05, 4.69) is 36.2 Å². The molecule has 0 spiro atoms. The fourth-order valence-corrected chi connectivity index (χ4v) is 4.50. The van der Waals surface area contributed by atoms with Crippen LogP contribution in [0.1, 0.15) is 25.0 Å². The predicted octanol–water partition coefficient (Wildman–Crippen LogP) is 0.897. The Morgan fingerprint density at radius 3 is 2.61 bits per heavy atom. The second-order valence-corrected chi connectivity index (χ2v) is 8.91. The van der Waals surface area contributed by atoms with Crippen LogP contribution in [0.4, 0.5) is 10.6 Å². The highest BCUT2D eigenvalue weighted by atomic mass is 32.1. The zero-order valence-corrected chi connectivity index (χ0v) is 21.1. The standard InChI is InChI=1S/C23H26N8O6S/c1-2-24-22(34)30-18-15-19(28-10-27-18)31(11-29-15)20-17-16(36-21(37-17)12-6-4-3-5-7-12)13(35-20)8-25-23(38)26-9-14(32)33/h3-7,10-11,13,16-17,20-21H,2,8-9H2,1H3,(H,32,33)(H2,25,26,38)(H2,24,27,28,30,34)/t13?,16?,17?,20?,21-/m0/s1. The Morgan fingerprint density at radius 1 is 1.05 bits per heavy atom. The number of carboxylic acid groups (broad SMARTS) is 1. The minimum absolute atomic E-state index is 0.177. The molecule has 2 fully saturated rings. The summed E-state index contributed by atoms with van der Waals surface area (Å²) in [6.07, 6.45) is 0.0916. The summed E-state index contributed by atoms with van der Waals surface area (Å²) in [5.74, 6) is -0.771. The number of carbonyl (C=O) groups excluding carboxylic acids is 1. The van der Waals surface area contributed by atoms with Crippen LogP contribution < -0.4 is 21.3 Å². The van der Waals surface area contributed by atoms with Gasteiger partial charge in [0.2, 0.25) is 0 Å². The number of aromatic nitrogens is 4. The van der Waals surface area contributed by atoms with Gasteiger partial charge in [0.15, 0.2) is 34.6 Å². The van der Waals surface area contributed by atoms with Gasteiger partial charge in [0, 0.05) is 18.7 Å². The normalized spacial score (nSPS) is 24.1. The maximum absolute atomic E-state index is 12.1. The molecule has 2 aliphatic heterocycles. The van der Waals surface area contributed by atoms with Crippen molar-refractivity contribution in [2.45, 2.75) is 37.8 Å². The molecule has 4 heterocycles. The number of hydrogen-bond donors (Lipinski definition) is 5. The van der Waals surface area contributed by atoms with Crippen LogP contribution in [0.15, 0.2) is 43.0 Å². The molecule has 2 amide bonds. The molecule has 2 aliphatic rings. The van der Waals surface area contributed by atoms with Gasteiger partial charge in [-0.3, -0.25) is 14.7 Å². The van der Waals surface area contributed by atoms with Crippen molar-refractivity contribution in [3.05, 3.63) is 48.5 Å². The molecule has 15 heteroatoms. The second-order valence-electron chi connectivity index (χ2n) is 8.50. The molecule has 5 atom stereocenters. The van der Waals surface area contributed by atoms with Crippen molar-refractivity contribution >= 4 is 46.3 Å². The van der Waals surface area contributed by atoms with Gasteiger partial charge in [-0.2, -0.15) is 0 Å². The number of carbonyl (C=O) groups is 2. The van der Waals surface area contributed by atoms with Gasteiger partial charge >= 0.3 is 12.0 Å². The van der Waals surface area contributed by atoms with Crippen LogP contribution in [0.5, 0.6) is 0 Å². The molecule has 3 aromatic rings. The molecule has 2 saturated heterocycles. The van der Waals surface area contributed by atoms with E-state index in [9.17, 15) is 9.59 Å². The Bertz CT molecular complexity index is 1320. The number of hydrogen-bond acceptors (Lipinski definition) is 9. The summed E-state index contributed by atoms with van der Waals surface area (Å²) in [6.45, 7) is 2.19. The number of fused-ring (bicyclic) bond motifs is 2. The van der Waals surface area contributed by atoms with Gasteiger partial charge in [-0.15, -0.1) is 0 Å². The van der Waals surface area contributed by atoms with Gasteiger partial charge < -0.3 is 35.3 Å². The van der Waals surface area contributed by atoms with Crippen molar-refractivity contribution in [2.24, 2.45) is 0 Å². The molecule has 38 heavy (non-hydrogen) atoms. The zero-order chi connectivity index (χ0) is 26.6. The third kappa shape index (κ3) is 5.35. The van der Waals surface area contributed by atoms with E-state index in [-0.39, 0.29) is 24.0 Å². The largest absolute Gasteiger partial charge is 0.480 e. The lowest BCUT2D eigenvalue weighted by Gasteiger charge is -2.22. The van der Waals surface area contributed by atoms with E-state index < -0.39 is 42.8 Å². The smallest absolute Gasteiger partial charge is 0.322 e. The summed E-state index contributed by atoms with van der Waals surface area (Å²) in [6, 6.07) is 9.14. The monoisotopic (exact) mass is 542 g/mol. The van der Waals surface area contributed by atoms with E-state index in [1.807, 2.05) is 37.3 Å². The molecule has 0 bridgehead atoms. The number of thiocarbonyl (C=S) groups is 1. The first kappa shape index (κ1) is 25.7. The van der Waals surface area contributed by atoms with Crippen LogP contribution in [-0.4, -0.2) is 79.7 Å². The summed E-state index contributed by atoms with van der Waals surface area (Å²) in [5, 5.41) is 20.0. The first-order valence-corrected chi connectivity index (χ1v) is 12.3. The van der Waals surface area contributed by atoms with E-state index >= 15 is 0 Å². The highest BCUT2D eigenvalue weighted by Gasteiger charge is 2.54. The van der Waals surface area contributed by atoms with Crippen LogP contribution in [0.25, 0.3) is 11.2 Å². The van der Waals surface area contributed by atoms with E-state index in [0.717, 1.165) is 5.56 Å². The van der Waals surface area contributed by atoms with Crippen molar-refractivity contribution in [1.82, 2.24) is 35.5 Å². The van der Waals surface area contributed by atoms with Crippen LogP contribution in [0.2, 0.25) is 0 Å². The van der Waals surface area contributed by atoms with Crippen LogP contribution in [-0.2, 0) is 19.0 Å². The number of anilines is 1. The topological polar surface area (TPSA) is 174 Å². The Labute approximate surface area is 222 Å². The summed E-state index contributed by atoms with van der Waals surface area (Å²) < 4.78 is 20.7. The fourth-order valence-electron chi connectivity index (χ4n) is 4.34. The van der Waals surface area contributed by atoms with E-state index in [4.69, 9.17) is 31.5 Å². The van der Waals surface area contributed by atoms with Gasteiger partial charge in [0.1, 0.15) is 31.2 Å². The molecule has 5 N–H and O–H groups in total. The SMILES string of the molecule is CCNC(=O)Nc1ncnc2c1ncn2C1OC(CNC(=S)NCC(=O)O)C2O[C@H](c3ccccc3)OC21. The molecular formula is C23H26N8O6S. The van der Waals surface area contributed by atoms with E-state index in [0.29, 0.717) is 17.7 Å². The van der Waals surface area contributed by atoms with Crippen molar-refractivity contribution in [2.75, 3.05) is 25.0 Å². The zero-order valence-electron chi connectivity index (χ0n) is 20.2. The number of imidazole rings is 1. The van der Waals surface area contributed by atoms with E-state index in [1.54, 1.807) is 10.9 Å². The van der Waals surface area contributed by atoms with Gasteiger partial charge in [0.05, 0.1) is 6.33 Å². The van der Waals surface area contributed by atoms with Gasteiger partial charge in [-0.05, 0) is 19.1 Å². The molecule has 4 unspecified atom stereocenters. The molecule has 2 aromatic heterocycles. The maximum Gasteiger partial charge on any atom is 0.322 e. The number of urea groups is 1. The Balaban J connectivity index is 1.39. The molecule has 0 aliphatic carbocycles. The lowest BCUT2D eigenvalue weighted by molar-refractivity contribution is -0.146. The Kier molecular flexibility index (Phi) is 7.59. The summed E-state index contributed by atoms with van der Waals surface area (Å²) in [7, 11) is 0. The molecule has 1 aromatic carbocycles. The van der Waals surface area contributed by atoms with Crippen molar-refractivity contribution in [3.8, 4) is 0 Å². The lowest BCUT2D eigenvalue weighted by Crippen LogP contribution is -2.44. The summed E-state index contributed by atoms with van der Waals surface area (Å²) >= 11 is 5.18. The summed E-state index contributed by atoms with van der Waals surface area (Å²) in [4.78, 5) is 35.8. The molecule has 14 nitrogen and oxygen atoms in total. The molecule has 0 saturated carbocycles. The van der Waals surface area contributed by atoms with Crippen molar-refractivity contribution in [3.63, 3.8) is 0 Å². The maximum atomic E-state index is 12.1. The minimum Gasteiger partial charge on any atom is -0.480 e. The van der Waals surface area contributed by atoms with Gasteiger partial charge in [0.25, 0.3) is 0 Å². The number of nitrogens with one attached hydrogen (secondary N) is 4. The highest BCUT2D eigenvalue weighted by Crippen LogP contribution is 2.44. The number of ether oxygens (including phenoxy) is 3. The van der Waals surface area contributed by atoms with Crippen LogP contribution >= 0.6 is 12.2 Å². The average molecular weight is 543 g/mol. The van der Waals surface area contributed by atoms with E-state index in [1.165, 1.54) is 6.33 Å². The van der Waals surface area contributed by atoms with Crippen LogP contribution in [0, 0.1) is 0 Å². The van der Waals surface area contributed by atoms with Gasteiger partial charge in [-0.1, -0.05) is 30.3 Å². The van der Waals surface area contributed by atoms with Crippen molar-refractivity contribution in [1.29, 1.82) is 0 Å². The molecule has 0 radical (unpaired) electrons. The van der Waals surface area contributed by atoms with Crippen molar-refractivity contribution < 1.29 is 28.9 Å². The Hall–Kier alpha value is -3.92. The lowest BCUT2D eigenvalue weighted by atomic mass is 10.1. The third-order valence-corrected chi connectivity index (χ3v) is 6.27. The predicted molar refractivity (Wildman–Crippen MR) is 137 cm³/mol. The quantitative estimate of drug-likeness (QED) is 0.255. The number of amides is 2. The molecule has 5 rings (SSSR count). The number of carboxylic acids is 1. The third-order valence-electron chi connectivity index (χ3n) is 5.98. The fraction of sp³-hybridized carbons (Fsp3) is 0.391. The minimum atomic E-state index is -1.03. The number of aliphatic carboxylic acids is 1. The highest BCUT2D eigenvalue weighted by molar-refractivity contribution is 7.80. The first-order chi connectivity index (χ1) is 18.4. The van der Waals surface area contributed by atoms with Gasteiger partial charge in [-0.25, -0.2) is 19.7 Å². The summed E-state index contributed by atoms with van der Waals surface area (Å²) in [5.41, 5.74) is 1.69. The molecule has 200 valence electrons. The average Bonchev–Trinajstić information content (AvgIpc) is 3.61. The number of rotatable bonds is 8. The second kappa shape index (κ2) is 11.2. The number of benzene rings is 1. The number of nitrogens with zero attached hydrogens (tertiary/aromatic N) is 4. The van der Waals surface area contributed by atoms with Crippen LogP contribution in [0.3, 0.4) is 0 Å². The molecular weight excluding hydrogens is 516 g/mol. The Morgan fingerprint density at radius 2 is 1.84 bits per heavy atom.